The number of ether oxygens (including phenoxy) is 3. The van der Waals surface area contributed by atoms with E-state index in [4.69, 9.17) is 14.2 Å². The van der Waals surface area contributed by atoms with Gasteiger partial charge in [0.1, 0.15) is 17.2 Å². The minimum absolute atomic E-state index is 0.0190. The Hall–Kier alpha value is -3.54. The Morgan fingerprint density at radius 2 is 1.50 bits per heavy atom. The van der Waals surface area contributed by atoms with Crippen molar-refractivity contribution in [3.8, 4) is 23.0 Å². The number of carbonyl (C=O) groups excluding carboxylic acids is 2. The molecule has 0 amide bonds. The van der Waals surface area contributed by atoms with Gasteiger partial charge in [-0.25, -0.2) is 0 Å². The van der Waals surface area contributed by atoms with E-state index in [1.54, 1.807) is 0 Å². The van der Waals surface area contributed by atoms with Crippen LogP contribution in [0.5, 0.6) is 23.0 Å². The summed E-state index contributed by atoms with van der Waals surface area (Å²) in [4.78, 5) is 26.5. The minimum Gasteiger partial charge on any atom is -0.497 e. The Morgan fingerprint density at radius 3 is 2.00 bits per heavy atom. The molecule has 0 heterocycles. The molecule has 0 spiro atoms. The van der Waals surface area contributed by atoms with E-state index in [0.717, 1.165) is 19.3 Å². The largest absolute Gasteiger partial charge is 0.534 e. The quantitative estimate of drug-likeness (QED) is 0.397. The van der Waals surface area contributed by atoms with Gasteiger partial charge in [-0.1, -0.05) is 12.7 Å². The third kappa shape index (κ3) is 3.45. The number of hydrogen-bond acceptors (Lipinski definition) is 8. The Labute approximate surface area is 180 Å². The van der Waals surface area contributed by atoms with Crippen molar-refractivity contribution in [3.05, 3.63) is 52.6 Å². The molecule has 2 aromatic carbocycles. The van der Waals surface area contributed by atoms with Crippen LogP contribution in [-0.2, 0) is 10.1 Å². The predicted molar refractivity (Wildman–Crippen MR) is 105 cm³/mol. The monoisotopic (exact) mass is 472 g/mol. The number of ketones is 2. The summed E-state index contributed by atoms with van der Waals surface area (Å²) in [6.45, 7) is 3.41. The van der Waals surface area contributed by atoms with Crippen molar-refractivity contribution in [3.63, 3.8) is 0 Å². The lowest BCUT2D eigenvalue weighted by Gasteiger charge is -2.24. The molecule has 0 aromatic heterocycles. The van der Waals surface area contributed by atoms with Crippen LogP contribution < -0.4 is 18.4 Å². The van der Waals surface area contributed by atoms with E-state index in [0.29, 0.717) is 0 Å². The van der Waals surface area contributed by atoms with E-state index in [1.165, 1.54) is 26.4 Å². The summed E-state index contributed by atoms with van der Waals surface area (Å²) < 4.78 is 81.4. The molecule has 0 aliphatic heterocycles. The van der Waals surface area contributed by atoms with Crippen molar-refractivity contribution in [2.75, 3.05) is 21.3 Å². The minimum atomic E-state index is -6.09. The molecule has 12 heteroatoms. The molecule has 0 unspecified atom stereocenters. The number of halogens is 3. The summed E-state index contributed by atoms with van der Waals surface area (Å²) in [6, 6.07) is 3.36. The molecule has 32 heavy (non-hydrogen) atoms. The van der Waals surface area contributed by atoms with Gasteiger partial charge >= 0.3 is 15.6 Å². The van der Waals surface area contributed by atoms with Gasteiger partial charge in [0.15, 0.2) is 11.5 Å². The van der Waals surface area contributed by atoms with Crippen molar-refractivity contribution in [2.45, 2.75) is 5.51 Å². The molecule has 2 aromatic rings. The van der Waals surface area contributed by atoms with Gasteiger partial charge < -0.3 is 18.4 Å². The molecule has 0 bridgehead atoms. The fourth-order valence-corrected chi connectivity index (χ4v) is 3.72. The molecule has 0 N–H and O–H groups in total. The lowest BCUT2D eigenvalue weighted by atomic mass is 9.81. The highest BCUT2D eigenvalue weighted by atomic mass is 32.2. The Balaban J connectivity index is 2.35. The van der Waals surface area contributed by atoms with Crippen LogP contribution in [0.1, 0.15) is 37.4 Å². The molecular formula is C20H15F3O8S. The summed E-state index contributed by atoms with van der Waals surface area (Å²) in [5.41, 5.74) is -7.10. The molecule has 1 aliphatic carbocycles. The molecule has 8 nitrogen and oxygen atoms in total. The average molecular weight is 472 g/mol. The third-order valence-corrected chi connectivity index (χ3v) is 5.61. The summed E-state index contributed by atoms with van der Waals surface area (Å²) in [7, 11) is -2.41. The van der Waals surface area contributed by atoms with Gasteiger partial charge in [0.2, 0.25) is 5.78 Å². The zero-order valence-corrected chi connectivity index (χ0v) is 17.6. The molecule has 0 fully saturated rings. The van der Waals surface area contributed by atoms with Crippen LogP contribution in [0.25, 0.3) is 6.08 Å². The predicted octanol–water partition coefficient (Wildman–Crippen LogP) is 3.36. The standard InChI is InChI=1S/C20H15F3O8S/c1-5-10-13(31-32(26,27)20(21,22)23)8-12-16(19(10)30-4)18(25)15-11(17(12)24)6-9(28-2)7-14(15)29-3/h5-8H,1H2,2-4H3. The maximum absolute atomic E-state index is 13.3. The average Bonchev–Trinajstić information content (AvgIpc) is 2.74. The number of methoxy groups -OCH3 is 3. The summed E-state index contributed by atoms with van der Waals surface area (Å²) in [5.74, 6) is -2.62. The summed E-state index contributed by atoms with van der Waals surface area (Å²) in [6.07, 6.45) is 0.943. The highest BCUT2D eigenvalue weighted by Gasteiger charge is 2.49. The zero-order chi connectivity index (χ0) is 24.0. The molecule has 0 atom stereocenters. The number of hydrogen-bond donors (Lipinski definition) is 0. The van der Waals surface area contributed by atoms with Gasteiger partial charge in [0.05, 0.1) is 38.0 Å². The van der Waals surface area contributed by atoms with Gasteiger partial charge in [-0.15, -0.1) is 0 Å². The van der Waals surface area contributed by atoms with Crippen LogP contribution in [0.15, 0.2) is 24.8 Å². The summed E-state index contributed by atoms with van der Waals surface area (Å²) in [5, 5.41) is 0. The molecule has 0 saturated carbocycles. The first-order valence-electron chi connectivity index (χ1n) is 8.65. The van der Waals surface area contributed by atoms with Crippen molar-refractivity contribution in [1.29, 1.82) is 0 Å². The fourth-order valence-electron chi connectivity index (χ4n) is 3.25. The van der Waals surface area contributed by atoms with Crippen molar-refractivity contribution >= 4 is 27.8 Å². The first kappa shape index (κ1) is 23.1. The van der Waals surface area contributed by atoms with E-state index in [1.807, 2.05) is 0 Å². The van der Waals surface area contributed by atoms with E-state index in [9.17, 15) is 31.2 Å². The maximum Gasteiger partial charge on any atom is 0.534 e. The smallest absolute Gasteiger partial charge is 0.497 e. The van der Waals surface area contributed by atoms with Gasteiger partial charge in [0.25, 0.3) is 0 Å². The van der Waals surface area contributed by atoms with Crippen LogP contribution in [0, 0.1) is 0 Å². The molecule has 0 saturated heterocycles. The van der Waals surface area contributed by atoms with Crippen LogP contribution in [0.4, 0.5) is 13.2 Å². The van der Waals surface area contributed by atoms with E-state index in [2.05, 4.69) is 10.8 Å². The molecule has 3 rings (SSSR count). The molecular weight excluding hydrogens is 457 g/mol. The second-order valence-corrected chi connectivity index (χ2v) is 7.88. The van der Waals surface area contributed by atoms with Crippen molar-refractivity contribution in [1.82, 2.24) is 0 Å². The number of rotatable bonds is 6. The third-order valence-electron chi connectivity index (χ3n) is 4.65. The zero-order valence-electron chi connectivity index (χ0n) is 16.8. The van der Waals surface area contributed by atoms with Crippen molar-refractivity contribution < 1.29 is 49.6 Å². The Kier molecular flexibility index (Phi) is 5.68. The maximum atomic E-state index is 13.3. The second-order valence-electron chi connectivity index (χ2n) is 6.34. The number of fused-ring (bicyclic) bond motifs is 2. The van der Waals surface area contributed by atoms with Crippen LogP contribution in [-0.4, -0.2) is 46.8 Å². The first-order valence-corrected chi connectivity index (χ1v) is 10.1. The van der Waals surface area contributed by atoms with E-state index < -0.39 is 38.5 Å². The van der Waals surface area contributed by atoms with Crippen LogP contribution >= 0.6 is 0 Å². The molecule has 170 valence electrons. The van der Waals surface area contributed by atoms with Crippen LogP contribution in [0.2, 0.25) is 0 Å². The Bertz CT molecular complexity index is 1260. The van der Waals surface area contributed by atoms with E-state index in [-0.39, 0.29) is 39.5 Å². The SMILES string of the molecule is C=Cc1c(OS(=O)(=O)C(F)(F)F)cc2c(c1OC)C(=O)c1c(OC)cc(OC)cc1C2=O. The van der Waals surface area contributed by atoms with Gasteiger partial charge in [0, 0.05) is 17.2 Å². The normalized spacial score (nSPS) is 13.2. The van der Waals surface area contributed by atoms with Crippen LogP contribution in [0.3, 0.4) is 0 Å². The first-order chi connectivity index (χ1) is 14.9. The van der Waals surface area contributed by atoms with Gasteiger partial charge in [-0.3, -0.25) is 9.59 Å². The Morgan fingerprint density at radius 1 is 0.875 bits per heavy atom. The highest BCUT2D eigenvalue weighted by Crippen LogP contribution is 2.45. The van der Waals surface area contributed by atoms with Crippen molar-refractivity contribution in [2.24, 2.45) is 0 Å². The number of alkyl halides is 3. The number of benzene rings is 2. The van der Waals surface area contributed by atoms with Gasteiger partial charge in [-0.05, 0) is 12.1 Å². The highest BCUT2D eigenvalue weighted by molar-refractivity contribution is 7.88. The second kappa shape index (κ2) is 7.86. The topological polar surface area (TPSA) is 105 Å². The molecule has 0 radical (unpaired) electrons. The number of carbonyl (C=O) groups is 2. The van der Waals surface area contributed by atoms with E-state index >= 15 is 0 Å². The van der Waals surface area contributed by atoms with Gasteiger partial charge in [-0.2, -0.15) is 21.6 Å². The lowest BCUT2D eigenvalue weighted by molar-refractivity contribution is -0.0500. The summed E-state index contributed by atoms with van der Waals surface area (Å²) >= 11 is 0. The molecule has 1 aliphatic rings. The lowest BCUT2D eigenvalue weighted by Crippen LogP contribution is -2.29. The fraction of sp³-hybridized carbons (Fsp3) is 0.200.